The van der Waals surface area contributed by atoms with E-state index in [2.05, 4.69) is 44.7 Å². The van der Waals surface area contributed by atoms with Crippen LogP contribution >= 0.6 is 0 Å². The maximum Gasteiger partial charge on any atom is 0.317 e. The SMILES string of the molecule is CNC(=O)N1CCN(c2nnc(-c3ccccc3)c3ccccc23)CC1. The predicted octanol–water partition coefficient (Wildman–Crippen LogP) is 2.76. The number of hydrogen-bond donors (Lipinski definition) is 1. The molecule has 2 amide bonds. The molecule has 0 atom stereocenters. The lowest BCUT2D eigenvalue weighted by molar-refractivity contribution is 0.196. The third kappa shape index (κ3) is 2.94. The smallest absolute Gasteiger partial charge is 0.317 e. The summed E-state index contributed by atoms with van der Waals surface area (Å²) >= 11 is 0. The first-order valence-electron chi connectivity index (χ1n) is 8.80. The van der Waals surface area contributed by atoms with Crippen LogP contribution in [0.5, 0.6) is 0 Å². The number of fused-ring (bicyclic) bond motifs is 1. The zero-order valence-corrected chi connectivity index (χ0v) is 14.7. The van der Waals surface area contributed by atoms with E-state index in [9.17, 15) is 4.79 Å². The van der Waals surface area contributed by atoms with Gasteiger partial charge in [0, 0.05) is 49.6 Å². The number of rotatable bonds is 2. The zero-order valence-electron chi connectivity index (χ0n) is 14.7. The van der Waals surface area contributed by atoms with Gasteiger partial charge in [0.05, 0.1) is 0 Å². The summed E-state index contributed by atoms with van der Waals surface area (Å²) in [6.45, 7) is 2.85. The van der Waals surface area contributed by atoms with Crippen molar-refractivity contribution in [3.05, 3.63) is 54.6 Å². The molecule has 6 heteroatoms. The molecular formula is C20H21N5O. The average Bonchev–Trinajstić information content (AvgIpc) is 2.73. The lowest BCUT2D eigenvalue weighted by atomic mass is 10.0. The van der Waals surface area contributed by atoms with Crippen LogP contribution in [-0.2, 0) is 0 Å². The molecule has 1 aliphatic rings. The van der Waals surface area contributed by atoms with Crippen LogP contribution in [0.4, 0.5) is 10.6 Å². The fourth-order valence-corrected chi connectivity index (χ4v) is 3.41. The van der Waals surface area contributed by atoms with E-state index in [1.54, 1.807) is 7.05 Å². The number of urea groups is 1. The standard InChI is InChI=1S/C20H21N5O/c1-21-20(26)25-13-11-24(12-14-25)19-17-10-6-5-9-16(17)18(22-23-19)15-7-3-2-4-8-15/h2-10H,11-14H2,1H3,(H,21,26). The van der Waals surface area contributed by atoms with Gasteiger partial charge in [-0.25, -0.2) is 4.79 Å². The lowest BCUT2D eigenvalue weighted by Crippen LogP contribution is -2.51. The monoisotopic (exact) mass is 347 g/mol. The fraction of sp³-hybridized carbons (Fsp3) is 0.250. The second-order valence-electron chi connectivity index (χ2n) is 6.31. The summed E-state index contributed by atoms with van der Waals surface area (Å²) < 4.78 is 0. The number of anilines is 1. The van der Waals surface area contributed by atoms with Gasteiger partial charge in [-0.2, -0.15) is 0 Å². The Labute approximate surface area is 152 Å². The Morgan fingerprint density at radius 2 is 1.54 bits per heavy atom. The summed E-state index contributed by atoms with van der Waals surface area (Å²) in [6, 6.07) is 18.4. The number of hydrogen-bond acceptors (Lipinski definition) is 4. The largest absolute Gasteiger partial charge is 0.351 e. The first kappa shape index (κ1) is 16.3. The van der Waals surface area contributed by atoms with E-state index in [4.69, 9.17) is 0 Å². The van der Waals surface area contributed by atoms with Gasteiger partial charge in [-0.3, -0.25) is 0 Å². The molecule has 1 N–H and O–H groups in total. The van der Waals surface area contributed by atoms with Gasteiger partial charge in [-0.1, -0.05) is 54.6 Å². The van der Waals surface area contributed by atoms with E-state index in [-0.39, 0.29) is 6.03 Å². The minimum Gasteiger partial charge on any atom is -0.351 e. The lowest BCUT2D eigenvalue weighted by Gasteiger charge is -2.35. The average molecular weight is 347 g/mol. The van der Waals surface area contributed by atoms with Crippen molar-refractivity contribution in [1.29, 1.82) is 0 Å². The van der Waals surface area contributed by atoms with E-state index in [1.165, 1.54) is 0 Å². The van der Waals surface area contributed by atoms with Gasteiger partial charge in [-0.05, 0) is 0 Å². The topological polar surface area (TPSA) is 61.4 Å². The number of carbonyl (C=O) groups excluding carboxylic acids is 1. The van der Waals surface area contributed by atoms with Gasteiger partial charge >= 0.3 is 6.03 Å². The molecule has 0 radical (unpaired) electrons. The number of benzene rings is 2. The summed E-state index contributed by atoms with van der Waals surface area (Å²) in [5.41, 5.74) is 1.96. The first-order valence-corrected chi connectivity index (χ1v) is 8.80. The van der Waals surface area contributed by atoms with Gasteiger partial charge in [-0.15, -0.1) is 10.2 Å². The number of carbonyl (C=O) groups is 1. The van der Waals surface area contributed by atoms with E-state index in [0.717, 1.165) is 40.9 Å². The van der Waals surface area contributed by atoms with Crippen molar-refractivity contribution in [3.8, 4) is 11.3 Å². The maximum absolute atomic E-state index is 11.8. The summed E-state index contributed by atoms with van der Waals surface area (Å²) in [6.07, 6.45) is 0. The quantitative estimate of drug-likeness (QED) is 0.774. The number of nitrogens with one attached hydrogen (secondary N) is 1. The summed E-state index contributed by atoms with van der Waals surface area (Å²) in [5.74, 6) is 0.886. The Morgan fingerprint density at radius 1 is 0.885 bits per heavy atom. The molecule has 2 heterocycles. The van der Waals surface area contributed by atoms with Crippen LogP contribution in [0.2, 0.25) is 0 Å². The fourth-order valence-electron chi connectivity index (χ4n) is 3.41. The van der Waals surface area contributed by atoms with Gasteiger partial charge in [0.25, 0.3) is 0 Å². The molecule has 0 unspecified atom stereocenters. The van der Waals surface area contributed by atoms with E-state index in [0.29, 0.717) is 13.1 Å². The molecule has 3 aromatic rings. The molecule has 0 aliphatic carbocycles. The Balaban J connectivity index is 1.69. The molecule has 6 nitrogen and oxygen atoms in total. The van der Waals surface area contributed by atoms with Crippen molar-refractivity contribution in [2.45, 2.75) is 0 Å². The van der Waals surface area contributed by atoms with Crippen molar-refractivity contribution >= 4 is 22.6 Å². The Bertz CT molecular complexity index is 920. The third-order valence-corrected chi connectivity index (χ3v) is 4.80. The zero-order chi connectivity index (χ0) is 17.9. The first-order chi connectivity index (χ1) is 12.8. The molecule has 132 valence electrons. The van der Waals surface area contributed by atoms with Crippen molar-refractivity contribution in [2.75, 3.05) is 38.1 Å². The highest BCUT2D eigenvalue weighted by molar-refractivity contribution is 6.00. The second-order valence-corrected chi connectivity index (χ2v) is 6.31. The minimum atomic E-state index is -0.0278. The number of aromatic nitrogens is 2. The van der Waals surface area contributed by atoms with Gasteiger partial charge in [0.1, 0.15) is 5.69 Å². The molecule has 1 aromatic heterocycles. The minimum absolute atomic E-state index is 0.0278. The number of nitrogens with zero attached hydrogens (tertiary/aromatic N) is 4. The van der Waals surface area contributed by atoms with Crippen LogP contribution in [0.25, 0.3) is 22.0 Å². The third-order valence-electron chi connectivity index (χ3n) is 4.80. The highest BCUT2D eigenvalue weighted by atomic mass is 16.2. The van der Waals surface area contributed by atoms with Crippen molar-refractivity contribution in [3.63, 3.8) is 0 Å². The Morgan fingerprint density at radius 3 is 2.23 bits per heavy atom. The number of amides is 2. The van der Waals surface area contributed by atoms with Crippen LogP contribution in [0.1, 0.15) is 0 Å². The molecule has 2 aromatic carbocycles. The second kappa shape index (κ2) is 7.00. The highest BCUT2D eigenvalue weighted by Gasteiger charge is 2.23. The Kier molecular flexibility index (Phi) is 4.39. The van der Waals surface area contributed by atoms with Gasteiger partial charge in [0.2, 0.25) is 0 Å². The van der Waals surface area contributed by atoms with Crippen LogP contribution in [-0.4, -0.2) is 54.4 Å². The van der Waals surface area contributed by atoms with Crippen LogP contribution in [0.15, 0.2) is 54.6 Å². The van der Waals surface area contributed by atoms with Crippen molar-refractivity contribution in [1.82, 2.24) is 20.4 Å². The summed E-state index contributed by atoms with van der Waals surface area (Å²) in [7, 11) is 1.66. The molecule has 0 spiro atoms. The molecular weight excluding hydrogens is 326 g/mol. The van der Waals surface area contributed by atoms with Crippen molar-refractivity contribution < 1.29 is 4.79 Å². The molecule has 1 saturated heterocycles. The Hall–Kier alpha value is -3.15. The molecule has 0 saturated carbocycles. The molecule has 0 bridgehead atoms. The van der Waals surface area contributed by atoms with Crippen LogP contribution in [0, 0.1) is 0 Å². The molecule has 4 rings (SSSR count). The summed E-state index contributed by atoms with van der Waals surface area (Å²) in [5, 5.41) is 14.0. The highest BCUT2D eigenvalue weighted by Crippen LogP contribution is 2.31. The van der Waals surface area contributed by atoms with Gasteiger partial charge < -0.3 is 15.1 Å². The normalized spacial score (nSPS) is 14.5. The molecule has 1 aliphatic heterocycles. The van der Waals surface area contributed by atoms with E-state index >= 15 is 0 Å². The van der Waals surface area contributed by atoms with Gasteiger partial charge in [0.15, 0.2) is 5.82 Å². The predicted molar refractivity (Wildman–Crippen MR) is 103 cm³/mol. The van der Waals surface area contributed by atoms with Crippen LogP contribution in [0.3, 0.4) is 0 Å². The summed E-state index contributed by atoms with van der Waals surface area (Å²) in [4.78, 5) is 15.8. The van der Waals surface area contributed by atoms with Crippen LogP contribution < -0.4 is 10.2 Å². The van der Waals surface area contributed by atoms with Crippen molar-refractivity contribution in [2.24, 2.45) is 0 Å². The maximum atomic E-state index is 11.8. The molecule has 1 fully saturated rings. The van der Waals surface area contributed by atoms with E-state index < -0.39 is 0 Å². The van der Waals surface area contributed by atoms with E-state index in [1.807, 2.05) is 35.2 Å². The number of piperazine rings is 1. The molecule has 26 heavy (non-hydrogen) atoms.